The van der Waals surface area contributed by atoms with Crippen LogP contribution in [0, 0.1) is 5.92 Å². The van der Waals surface area contributed by atoms with Crippen LogP contribution in [0.2, 0.25) is 0 Å². The number of fused-ring (bicyclic) bond motifs is 2. The molecule has 1 amide bonds. The second-order valence-corrected chi connectivity index (χ2v) is 3.98. The lowest BCUT2D eigenvalue weighted by molar-refractivity contribution is -0.133. The molecule has 2 aliphatic rings. The summed E-state index contributed by atoms with van der Waals surface area (Å²) in [7, 11) is 0. The van der Waals surface area contributed by atoms with E-state index in [0.29, 0.717) is 6.54 Å². The molecule has 80 valence electrons. The van der Waals surface area contributed by atoms with Gasteiger partial charge in [-0.05, 0) is 13.3 Å². The van der Waals surface area contributed by atoms with Crippen LogP contribution in [0.3, 0.4) is 0 Å². The lowest BCUT2D eigenvalue weighted by Gasteiger charge is -2.22. The van der Waals surface area contributed by atoms with Crippen molar-refractivity contribution in [3.8, 4) is 0 Å². The van der Waals surface area contributed by atoms with Gasteiger partial charge < -0.3 is 10.0 Å². The van der Waals surface area contributed by atoms with Crippen LogP contribution < -0.4 is 0 Å². The van der Waals surface area contributed by atoms with Crippen molar-refractivity contribution in [3.63, 3.8) is 0 Å². The van der Waals surface area contributed by atoms with Gasteiger partial charge in [-0.25, -0.2) is 4.79 Å². The number of likely N-dealkylation sites (tertiary alicyclic amines) is 1. The quantitative estimate of drug-likeness (QED) is 0.550. The maximum Gasteiger partial charge on any atom is 0.331 e. The highest BCUT2D eigenvalue weighted by atomic mass is 16.4. The molecule has 0 spiro atoms. The number of carboxylic acids is 1. The van der Waals surface area contributed by atoms with Gasteiger partial charge in [-0.2, -0.15) is 0 Å². The van der Waals surface area contributed by atoms with Gasteiger partial charge in [0.1, 0.15) is 0 Å². The summed E-state index contributed by atoms with van der Waals surface area (Å²) in [6.45, 7) is 1.94. The number of hydrogen-bond donors (Lipinski definition) is 1. The molecule has 1 aliphatic heterocycles. The number of hydrogen-bond acceptors (Lipinski definition) is 2. The van der Waals surface area contributed by atoms with Crippen LogP contribution in [0.15, 0.2) is 23.8 Å². The zero-order valence-electron chi connectivity index (χ0n) is 8.51. The molecule has 4 heteroatoms. The summed E-state index contributed by atoms with van der Waals surface area (Å²) in [5, 5.41) is 8.67. The Balaban J connectivity index is 2.02. The molecule has 0 radical (unpaired) electrons. The maximum absolute atomic E-state index is 11.6. The van der Waals surface area contributed by atoms with Gasteiger partial charge in [0.25, 0.3) is 0 Å². The van der Waals surface area contributed by atoms with Gasteiger partial charge in [0, 0.05) is 12.1 Å². The van der Waals surface area contributed by atoms with Gasteiger partial charge >= 0.3 is 5.97 Å². The van der Waals surface area contributed by atoms with Crippen LogP contribution >= 0.6 is 0 Å². The minimum absolute atomic E-state index is 0.0357. The molecule has 1 N–H and O–H groups in total. The van der Waals surface area contributed by atoms with Crippen LogP contribution in [0.25, 0.3) is 0 Å². The van der Waals surface area contributed by atoms with Crippen molar-refractivity contribution >= 4 is 11.9 Å². The highest BCUT2D eigenvalue weighted by molar-refractivity contribution is 5.87. The molecule has 4 nitrogen and oxygen atoms in total. The van der Waals surface area contributed by atoms with Crippen molar-refractivity contribution in [2.24, 2.45) is 5.92 Å². The number of aliphatic carboxylic acids is 1. The summed E-state index contributed by atoms with van der Waals surface area (Å²) >= 11 is 0. The Labute approximate surface area is 87.9 Å². The Kier molecular flexibility index (Phi) is 2.34. The van der Waals surface area contributed by atoms with E-state index in [4.69, 9.17) is 5.11 Å². The maximum atomic E-state index is 11.6. The fourth-order valence-corrected chi connectivity index (χ4v) is 2.02. The largest absolute Gasteiger partial charge is 0.478 e. The summed E-state index contributed by atoms with van der Waals surface area (Å²) in [6.07, 6.45) is 6.42. The fraction of sp³-hybridized carbons (Fsp3) is 0.455. The first-order chi connectivity index (χ1) is 7.09. The average molecular weight is 207 g/mol. The molecule has 1 fully saturated rings. The predicted molar refractivity (Wildman–Crippen MR) is 54.1 cm³/mol. The van der Waals surface area contributed by atoms with Gasteiger partial charge in [-0.3, -0.25) is 4.79 Å². The van der Waals surface area contributed by atoms with Crippen molar-refractivity contribution in [1.29, 1.82) is 0 Å². The van der Waals surface area contributed by atoms with Gasteiger partial charge in [0.2, 0.25) is 5.91 Å². The predicted octanol–water partition coefficient (Wildman–Crippen LogP) is 0.804. The van der Waals surface area contributed by atoms with Crippen molar-refractivity contribution in [2.75, 3.05) is 6.54 Å². The molecule has 15 heavy (non-hydrogen) atoms. The normalized spacial score (nSPS) is 29.0. The van der Waals surface area contributed by atoms with Gasteiger partial charge in [-0.1, -0.05) is 18.2 Å². The molecule has 0 aromatic rings. The third-order valence-corrected chi connectivity index (χ3v) is 2.99. The van der Waals surface area contributed by atoms with Gasteiger partial charge in [-0.15, -0.1) is 0 Å². The molecule has 1 aliphatic carbocycles. The number of carbonyl (C=O) groups excluding carboxylic acids is 1. The first-order valence-electron chi connectivity index (χ1n) is 4.98. The number of carbonyl (C=O) groups is 2. The number of rotatable bonds is 3. The topological polar surface area (TPSA) is 57.6 Å². The SMILES string of the molecule is CC(=CCN1C(=O)C2C=CC1C2)C(=O)O. The fourth-order valence-electron chi connectivity index (χ4n) is 2.02. The Bertz CT molecular complexity index is 370. The van der Waals surface area contributed by atoms with E-state index in [2.05, 4.69) is 0 Å². The molecule has 2 unspecified atom stereocenters. The second-order valence-electron chi connectivity index (χ2n) is 3.98. The van der Waals surface area contributed by atoms with E-state index < -0.39 is 5.97 Å². The van der Waals surface area contributed by atoms with Gasteiger partial charge in [0.05, 0.1) is 12.0 Å². The summed E-state index contributed by atoms with van der Waals surface area (Å²) < 4.78 is 0. The van der Waals surface area contributed by atoms with Crippen molar-refractivity contribution in [2.45, 2.75) is 19.4 Å². The number of nitrogens with zero attached hydrogens (tertiary/aromatic N) is 1. The van der Waals surface area contributed by atoms with Crippen LogP contribution in [0.4, 0.5) is 0 Å². The van der Waals surface area contributed by atoms with Crippen LogP contribution in [-0.2, 0) is 9.59 Å². The molecular weight excluding hydrogens is 194 g/mol. The zero-order chi connectivity index (χ0) is 11.0. The van der Waals surface area contributed by atoms with E-state index in [-0.39, 0.29) is 23.4 Å². The van der Waals surface area contributed by atoms with E-state index in [1.54, 1.807) is 11.0 Å². The Morgan fingerprint density at radius 1 is 1.67 bits per heavy atom. The first kappa shape index (κ1) is 9.96. The van der Waals surface area contributed by atoms with E-state index in [0.717, 1.165) is 6.42 Å². The van der Waals surface area contributed by atoms with E-state index in [9.17, 15) is 9.59 Å². The van der Waals surface area contributed by atoms with E-state index >= 15 is 0 Å². The van der Waals surface area contributed by atoms with Crippen molar-refractivity contribution in [1.82, 2.24) is 4.90 Å². The third-order valence-electron chi connectivity index (χ3n) is 2.99. The van der Waals surface area contributed by atoms with E-state index in [1.165, 1.54) is 6.92 Å². The summed E-state index contributed by atoms with van der Waals surface area (Å²) in [5.74, 6) is -0.771. The lowest BCUT2D eigenvalue weighted by Crippen LogP contribution is -2.34. The standard InChI is InChI=1S/C11H13NO3/c1-7(11(14)15)4-5-12-9-3-2-8(6-9)10(12)13/h2-4,8-9H,5-6H2,1H3,(H,14,15). The smallest absolute Gasteiger partial charge is 0.331 e. The average Bonchev–Trinajstić information content (AvgIpc) is 2.75. The third kappa shape index (κ3) is 1.67. The minimum Gasteiger partial charge on any atom is -0.478 e. The molecule has 2 bridgehead atoms. The molecule has 0 aromatic carbocycles. The minimum atomic E-state index is -0.928. The first-order valence-corrected chi connectivity index (χ1v) is 4.98. The summed E-state index contributed by atoms with van der Waals surface area (Å²) in [6, 6.07) is 0.181. The Hall–Kier alpha value is -1.58. The Morgan fingerprint density at radius 3 is 2.93 bits per heavy atom. The highest BCUT2D eigenvalue weighted by Gasteiger charge is 2.40. The molecule has 1 heterocycles. The monoisotopic (exact) mass is 207 g/mol. The summed E-state index contributed by atoms with van der Waals surface area (Å²) in [5.41, 5.74) is 0.287. The van der Waals surface area contributed by atoms with Crippen molar-refractivity contribution < 1.29 is 14.7 Å². The lowest BCUT2D eigenvalue weighted by atomic mass is 10.1. The Morgan fingerprint density at radius 2 is 2.40 bits per heavy atom. The number of carboxylic acid groups (broad SMARTS) is 1. The highest BCUT2D eigenvalue weighted by Crippen LogP contribution is 2.32. The molecule has 2 atom stereocenters. The summed E-state index contributed by atoms with van der Waals surface area (Å²) in [4.78, 5) is 23.9. The molecular formula is C11H13NO3. The number of amides is 1. The van der Waals surface area contributed by atoms with Crippen LogP contribution in [0.5, 0.6) is 0 Å². The van der Waals surface area contributed by atoms with Crippen LogP contribution in [-0.4, -0.2) is 34.5 Å². The van der Waals surface area contributed by atoms with Crippen molar-refractivity contribution in [3.05, 3.63) is 23.8 Å². The molecule has 1 saturated heterocycles. The van der Waals surface area contributed by atoms with Gasteiger partial charge in [0.15, 0.2) is 0 Å². The van der Waals surface area contributed by atoms with Crippen LogP contribution in [0.1, 0.15) is 13.3 Å². The second kappa shape index (κ2) is 3.53. The molecule has 0 aromatic heterocycles. The van der Waals surface area contributed by atoms with E-state index in [1.807, 2.05) is 12.2 Å². The molecule has 0 saturated carbocycles. The zero-order valence-corrected chi connectivity index (χ0v) is 8.51. The molecule has 2 rings (SSSR count).